The summed E-state index contributed by atoms with van der Waals surface area (Å²) in [6.45, 7) is 0.808. The molecule has 2 heterocycles. The zero-order valence-corrected chi connectivity index (χ0v) is 13.7. The molecule has 1 aliphatic heterocycles. The predicted molar refractivity (Wildman–Crippen MR) is 89.1 cm³/mol. The Labute approximate surface area is 144 Å². The Hall–Kier alpha value is -3.06. The largest absolute Gasteiger partial charge is 0.383 e. The number of nitrogens with zero attached hydrogens (tertiary/aromatic N) is 2. The van der Waals surface area contributed by atoms with E-state index in [0.717, 1.165) is 10.5 Å². The van der Waals surface area contributed by atoms with Gasteiger partial charge in [-0.2, -0.15) is 0 Å². The van der Waals surface area contributed by atoms with Gasteiger partial charge in [0.2, 0.25) is 0 Å². The number of benzene rings is 1. The minimum Gasteiger partial charge on any atom is -0.383 e. The molecule has 2 aromatic rings. The standard InChI is InChI=1S/C18H17N3O4/c1-25-9-8-21-17(23)14-3-2-13(10-15(14)18(21)24)16(22)20-11-12-4-6-19-7-5-12/h2-7,10H,8-9,11H2,1H3,(H,20,22). The van der Waals surface area contributed by atoms with Crippen LogP contribution in [0.4, 0.5) is 0 Å². The monoisotopic (exact) mass is 339 g/mol. The number of hydrogen-bond donors (Lipinski definition) is 1. The molecule has 7 nitrogen and oxygen atoms in total. The molecule has 0 saturated carbocycles. The van der Waals surface area contributed by atoms with Crippen molar-refractivity contribution < 1.29 is 19.1 Å². The summed E-state index contributed by atoms with van der Waals surface area (Å²) in [6.07, 6.45) is 3.30. The van der Waals surface area contributed by atoms with E-state index in [9.17, 15) is 14.4 Å². The number of amides is 3. The van der Waals surface area contributed by atoms with Crippen LogP contribution in [0.1, 0.15) is 36.6 Å². The Morgan fingerprint density at radius 2 is 1.84 bits per heavy atom. The van der Waals surface area contributed by atoms with Gasteiger partial charge in [0.1, 0.15) is 0 Å². The van der Waals surface area contributed by atoms with E-state index < -0.39 is 5.91 Å². The lowest BCUT2D eigenvalue weighted by atomic mass is 10.1. The van der Waals surface area contributed by atoms with E-state index in [2.05, 4.69) is 10.3 Å². The third-order valence-corrected chi connectivity index (χ3v) is 3.95. The van der Waals surface area contributed by atoms with Gasteiger partial charge in [0, 0.05) is 31.6 Å². The second-order valence-electron chi connectivity index (χ2n) is 5.55. The summed E-state index contributed by atoms with van der Waals surface area (Å²) in [7, 11) is 1.50. The summed E-state index contributed by atoms with van der Waals surface area (Å²) < 4.78 is 4.92. The SMILES string of the molecule is COCCN1C(=O)c2ccc(C(=O)NCc3ccncc3)cc2C1=O. The molecule has 3 rings (SSSR count). The number of pyridine rings is 1. The van der Waals surface area contributed by atoms with Gasteiger partial charge in [0.25, 0.3) is 17.7 Å². The Kier molecular flexibility index (Phi) is 4.85. The molecule has 1 N–H and O–H groups in total. The van der Waals surface area contributed by atoms with Crippen LogP contribution < -0.4 is 5.32 Å². The minimum absolute atomic E-state index is 0.187. The van der Waals surface area contributed by atoms with Crippen LogP contribution in [0.25, 0.3) is 0 Å². The summed E-state index contributed by atoms with van der Waals surface area (Å²) in [6, 6.07) is 8.14. The lowest BCUT2D eigenvalue weighted by molar-refractivity contribution is 0.0603. The molecule has 25 heavy (non-hydrogen) atoms. The second-order valence-corrected chi connectivity index (χ2v) is 5.55. The van der Waals surface area contributed by atoms with Gasteiger partial charge in [-0.05, 0) is 35.9 Å². The van der Waals surface area contributed by atoms with E-state index in [4.69, 9.17) is 4.74 Å². The van der Waals surface area contributed by atoms with Crippen LogP contribution >= 0.6 is 0 Å². The van der Waals surface area contributed by atoms with Crippen molar-refractivity contribution in [2.75, 3.05) is 20.3 Å². The smallest absolute Gasteiger partial charge is 0.261 e. The fraction of sp³-hybridized carbons (Fsp3) is 0.222. The van der Waals surface area contributed by atoms with Crippen molar-refractivity contribution in [1.29, 1.82) is 0 Å². The van der Waals surface area contributed by atoms with Gasteiger partial charge < -0.3 is 10.1 Å². The first-order valence-electron chi connectivity index (χ1n) is 7.78. The summed E-state index contributed by atoms with van der Waals surface area (Å²) in [5.41, 5.74) is 1.81. The highest BCUT2D eigenvalue weighted by molar-refractivity contribution is 6.22. The third-order valence-electron chi connectivity index (χ3n) is 3.95. The van der Waals surface area contributed by atoms with Crippen molar-refractivity contribution in [3.05, 3.63) is 65.0 Å². The molecule has 128 valence electrons. The highest BCUT2D eigenvalue weighted by Gasteiger charge is 2.35. The molecule has 7 heteroatoms. The van der Waals surface area contributed by atoms with E-state index in [0.29, 0.717) is 17.7 Å². The molecule has 1 aliphatic rings. The number of ether oxygens (including phenoxy) is 1. The van der Waals surface area contributed by atoms with Crippen molar-refractivity contribution in [1.82, 2.24) is 15.2 Å². The molecule has 1 aromatic heterocycles. The summed E-state index contributed by atoms with van der Waals surface area (Å²) in [5.74, 6) is -1.07. The van der Waals surface area contributed by atoms with Crippen molar-refractivity contribution in [3.63, 3.8) is 0 Å². The number of methoxy groups -OCH3 is 1. The van der Waals surface area contributed by atoms with E-state index >= 15 is 0 Å². The Morgan fingerprint density at radius 1 is 1.12 bits per heavy atom. The molecule has 0 aliphatic carbocycles. The minimum atomic E-state index is -0.402. The zero-order valence-electron chi connectivity index (χ0n) is 13.7. The molecule has 0 atom stereocenters. The molecule has 0 radical (unpaired) electrons. The lowest BCUT2D eigenvalue weighted by Crippen LogP contribution is -2.32. The van der Waals surface area contributed by atoms with Gasteiger partial charge >= 0.3 is 0 Å². The number of carbonyl (C=O) groups excluding carboxylic acids is 3. The highest BCUT2D eigenvalue weighted by atomic mass is 16.5. The number of fused-ring (bicyclic) bond motifs is 1. The number of rotatable bonds is 6. The van der Waals surface area contributed by atoms with Crippen LogP contribution in [-0.2, 0) is 11.3 Å². The van der Waals surface area contributed by atoms with Crippen molar-refractivity contribution in [2.24, 2.45) is 0 Å². The maximum absolute atomic E-state index is 12.4. The van der Waals surface area contributed by atoms with Crippen LogP contribution in [0.3, 0.4) is 0 Å². The highest BCUT2D eigenvalue weighted by Crippen LogP contribution is 2.23. The van der Waals surface area contributed by atoms with Crippen LogP contribution in [0.5, 0.6) is 0 Å². The quantitative estimate of drug-likeness (QED) is 0.800. The summed E-state index contributed by atoms with van der Waals surface area (Å²) in [4.78, 5) is 42.0. The van der Waals surface area contributed by atoms with Gasteiger partial charge in [0.05, 0.1) is 24.3 Å². The molecule has 0 unspecified atom stereocenters. The van der Waals surface area contributed by atoms with E-state index in [1.54, 1.807) is 30.6 Å². The average molecular weight is 339 g/mol. The zero-order chi connectivity index (χ0) is 17.8. The third kappa shape index (κ3) is 3.41. The van der Waals surface area contributed by atoms with Gasteiger partial charge in [0.15, 0.2) is 0 Å². The normalized spacial score (nSPS) is 13.1. The number of hydrogen-bond acceptors (Lipinski definition) is 5. The fourth-order valence-electron chi connectivity index (χ4n) is 2.60. The first-order valence-corrected chi connectivity index (χ1v) is 7.78. The first-order chi connectivity index (χ1) is 12.1. The van der Waals surface area contributed by atoms with Gasteiger partial charge in [-0.3, -0.25) is 24.3 Å². The average Bonchev–Trinajstić information content (AvgIpc) is 2.89. The number of aromatic nitrogens is 1. The predicted octanol–water partition coefficient (Wildman–Crippen LogP) is 1.25. The van der Waals surface area contributed by atoms with Crippen molar-refractivity contribution in [3.8, 4) is 0 Å². The van der Waals surface area contributed by atoms with Crippen LogP contribution in [0.15, 0.2) is 42.7 Å². The molecule has 3 amide bonds. The Balaban J connectivity index is 1.74. The summed E-state index contributed by atoms with van der Waals surface area (Å²) in [5, 5.41) is 2.78. The second kappa shape index (κ2) is 7.23. The molecule has 1 aromatic carbocycles. The van der Waals surface area contributed by atoms with Crippen LogP contribution in [0.2, 0.25) is 0 Å². The van der Waals surface area contributed by atoms with Crippen LogP contribution in [-0.4, -0.2) is 47.9 Å². The number of imide groups is 1. The lowest BCUT2D eigenvalue weighted by Gasteiger charge is -2.12. The van der Waals surface area contributed by atoms with Crippen molar-refractivity contribution >= 4 is 17.7 Å². The molecule has 0 saturated heterocycles. The molecular formula is C18H17N3O4. The van der Waals surface area contributed by atoms with E-state index in [1.807, 2.05) is 0 Å². The first kappa shape index (κ1) is 16.8. The molecule has 0 fully saturated rings. The van der Waals surface area contributed by atoms with E-state index in [-0.39, 0.29) is 30.5 Å². The van der Waals surface area contributed by atoms with E-state index in [1.165, 1.54) is 19.2 Å². The van der Waals surface area contributed by atoms with Gasteiger partial charge in [-0.1, -0.05) is 0 Å². The van der Waals surface area contributed by atoms with Crippen LogP contribution in [0, 0.1) is 0 Å². The number of carbonyl (C=O) groups is 3. The topological polar surface area (TPSA) is 88.6 Å². The molecule has 0 spiro atoms. The van der Waals surface area contributed by atoms with Gasteiger partial charge in [-0.25, -0.2) is 0 Å². The fourth-order valence-corrected chi connectivity index (χ4v) is 2.60. The summed E-state index contributed by atoms with van der Waals surface area (Å²) >= 11 is 0. The van der Waals surface area contributed by atoms with Crippen molar-refractivity contribution in [2.45, 2.75) is 6.54 Å². The number of nitrogens with one attached hydrogen (secondary N) is 1. The maximum atomic E-state index is 12.4. The maximum Gasteiger partial charge on any atom is 0.261 e. The van der Waals surface area contributed by atoms with Gasteiger partial charge in [-0.15, -0.1) is 0 Å². The molecule has 0 bridgehead atoms. The Bertz CT molecular complexity index is 820. The molecular weight excluding hydrogens is 322 g/mol. The Morgan fingerprint density at radius 3 is 2.56 bits per heavy atom.